The van der Waals surface area contributed by atoms with Crippen LogP contribution < -0.4 is 5.73 Å². The van der Waals surface area contributed by atoms with Crippen molar-refractivity contribution in [3.63, 3.8) is 0 Å². The van der Waals surface area contributed by atoms with Gasteiger partial charge in [-0.2, -0.15) is 4.98 Å². The van der Waals surface area contributed by atoms with Crippen LogP contribution in [0.2, 0.25) is 0 Å². The molecule has 8 nitrogen and oxygen atoms in total. The molecule has 0 unspecified atom stereocenters. The van der Waals surface area contributed by atoms with Crippen LogP contribution in [0.25, 0.3) is 11.1 Å². The molecular weight excluding hydrogens is 354 g/mol. The highest BCUT2D eigenvalue weighted by Gasteiger charge is 2.23. The molecule has 9 heteroatoms. The number of ether oxygens (including phenoxy) is 1. The highest BCUT2D eigenvalue weighted by molar-refractivity contribution is 7.98. The van der Waals surface area contributed by atoms with E-state index in [-0.39, 0.29) is 23.7 Å². The maximum atomic E-state index is 12.1. The van der Waals surface area contributed by atoms with Gasteiger partial charge in [-0.05, 0) is 33.8 Å². The lowest BCUT2D eigenvalue weighted by atomic mass is 10.2. The molecule has 0 aliphatic heterocycles. The van der Waals surface area contributed by atoms with Gasteiger partial charge in [0.1, 0.15) is 33.8 Å². The Morgan fingerprint density at radius 3 is 2.69 bits per heavy atom. The number of anilines is 1. The third-order valence-corrected chi connectivity index (χ3v) is 4.48. The topological polar surface area (TPSA) is 117 Å². The SMILES string of the molecule is CCOC(=O)c1c(C)oc2nc(CSc3cc(C)nc(C)n3)nc(N)c12. The summed E-state index contributed by atoms with van der Waals surface area (Å²) in [6, 6.07) is 1.90. The molecule has 3 heterocycles. The quantitative estimate of drug-likeness (QED) is 0.409. The van der Waals surface area contributed by atoms with Crippen molar-refractivity contribution in [1.82, 2.24) is 19.9 Å². The van der Waals surface area contributed by atoms with Crippen LogP contribution >= 0.6 is 11.8 Å². The number of furan rings is 1. The Hall–Kier alpha value is -2.68. The molecule has 0 amide bonds. The van der Waals surface area contributed by atoms with Crippen molar-refractivity contribution < 1.29 is 13.9 Å². The van der Waals surface area contributed by atoms with Gasteiger partial charge in [0.2, 0.25) is 5.71 Å². The zero-order chi connectivity index (χ0) is 18.8. The van der Waals surface area contributed by atoms with Crippen molar-refractivity contribution in [1.29, 1.82) is 0 Å². The molecular formula is C17H19N5O3S. The first-order valence-corrected chi connectivity index (χ1v) is 9.05. The van der Waals surface area contributed by atoms with Crippen LogP contribution in [0.4, 0.5) is 5.82 Å². The van der Waals surface area contributed by atoms with Crippen LogP contribution in [0, 0.1) is 20.8 Å². The van der Waals surface area contributed by atoms with E-state index in [1.54, 1.807) is 13.8 Å². The van der Waals surface area contributed by atoms with Crippen LogP contribution in [0.15, 0.2) is 15.5 Å². The van der Waals surface area contributed by atoms with Gasteiger partial charge in [-0.1, -0.05) is 11.8 Å². The fraction of sp³-hybridized carbons (Fsp3) is 0.353. The molecule has 2 N–H and O–H groups in total. The summed E-state index contributed by atoms with van der Waals surface area (Å²) in [5.74, 6) is 1.78. The highest BCUT2D eigenvalue weighted by atomic mass is 32.2. The summed E-state index contributed by atoms with van der Waals surface area (Å²) in [7, 11) is 0. The maximum Gasteiger partial charge on any atom is 0.342 e. The number of thioether (sulfide) groups is 1. The standard InChI is InChI=1S/C17H19N5O3S/c1-5-24-17(23)13-9(3)25-16-14(13)15(18)21-11(22-16)7-26-12-6-8(2)19-10(4)20-12/h6H,5,7H2,1-4H3,(H2,18,21,22). The van der Waals surface area contributed by atoms with Crippen LogP contribution in [0.3, 0.4) is 0 Å². The molecule has 26 heavy (non-hydrogen) atoms. The normalized spacial score (nSPS) is 11.1. The number of nitrogen functional groups attached to an aromatic ring is 1. The summed E-state index contributed by atoms with van der Waals surface area (Å²) in [5, 5.41) is 1.23. The number of esters is 1. The maximum absolute atomic E-state index is 12.1. The fourth-order valence-electron chi connectivity index (χ4n) is 2.59. The van der Waals surface area contributed by atoms with Gasteiger partial charge in [0.25, 0.3) is 0 Å². The second-order valence-electron chi connectivity index (χ2n) is 5.64. The highest BCUT2D eigenvalue weighted by Crippen LogP contribution is 2.30. The molecule has 0 aromatic carbocycles. The summed E-state index contributed by atoms with van der Waals surface area (Å²) >= 11 is 1.48. The molecule has 3 aromatic rings. The molecule has 0 bridgehead atoms. The number of nitrogens with two attached hydrogens (primary N) is 1. The number of aromatic nitrogens is 4. The van der Waals surface area contributed by atoms with Crippen LogP contribution in [-0.2, 0) is 10.5 Å². The van der Waals surface area contributed by atoms with E-state index in [9.17, 15) is 4.79 Å². The van der Waals surface area contributed by atoms with Crippen molar-refractivity contribution in [2.75, 3.05) is 12.3 Å². The number of hydrogen-bond donors (Lipinski definition) is 1. The zero-order valence-electron chi connectivity index (χ0n) is 15.0. The van der Waals surface area contributed by atoms with Crippen molar-refractivity contribution in [2.45, 2.75) is 38.5 Å². The molecule has 3 rings (SSSR count). The molecule has 3 aromatic heterocycles. The Morgan fingerprint density at radius 2 is 2.00 bits per heavy atom. The van der Waals surface area contributed by atoms with Gasteiger partial charge in [-0.15, -0.1) is 0 Å². The second kappa shape index (κ2) is 7.28. The predicted octanol–water partition coefficient (Wildman–Crippen LogP) is 2.99. The summed E-state index contributed by atoms with van der Waals surface area (Å²) in [6.07, 6.45) is 0. The molecule has 0 aliphatic carbocycles. The Bertz CT molecular complexity index is 966. The van der Waals surface area contributed by atoms with E-state index in [0.717, 1.165) is 10.7 Å². The van der Waals surface area contributed by atoms with Crippen LogP contribution in [-0.4, -0.2) is 32.5 Å². The van der Waals surface area contributed by atoms with E-state index < -0.39 is 5.97 Å². The number of carbonyl (C=O) groups is 1. The summed E-state index contributed by atoms with van der Waals surface area (Å²) < 4.78 is 10.7. The minimum atomic E-state index is -0.492. The van der Waals surface area contributed by atoms with E-state index in [0.29, 0.717) is 28.5 Å². The molecule has 0 saturated heterocycles. The van der Waals surface area contributed by atoms with Crippen molar-refractivity contribution in [3.8, 4) is 0 Å². The fourth-order valence-corrected chi connectivity index (χ4v) is 3.45. The molecule has 0 saturated carbocycles. The number of rotatable bonds is 5. The minimum Gasteiger partial charge on any atom is -0.462 e. The number of hydrogen-bond acceptors (Lipinski definition) is 9. The third-order valence-electron chi connectivity index (χ3n) is 3.57. The Morgan fingerprint density at radius 1 is 1.23 bits per heavy atom. The first-order valence-electron chi connectivity index (χ1n) is 8.06. The van der Waals surface area contributed by atoms with Gasteiger partial charge in [0.15, 0.2) is 0 Å². The van der Waals surface area contributed by atoms with E-state index in [4.69, 9.17) is 14.9 Å². The summed E-state index contributed by atoms with van der Waals surface area (Å²) in [4.78, 5) is 29.5. The molecule has 0 spiro atoms. The van der Waals surface area contributed by atoms with Gasteiger partial charge in [0, 0.05) is 5.69 Å². The van der Waals surface area contributed by atoms with E-state index in [1.807, 2.05) is 19.9 Å². The van der Waals surface area contributed by atoms with Crippen molar-refractivity contribution in [3.05, 3.63) is 34.7 Å². The molecule has 136 valence electrons. The first-order chi connectivity index (χ1) is 12.4. The Balaban J connectivity index is 1.90. The molecule has 0 fully saturated rings. The van der Waals surface area contributed by atoms with Gasteiger partial charge in [-0.25, -0.2) is 19.7 Å². The first kappa shape index (κ1) is 18.1. The van der Waals surface area contributed by atoms with E-state index >= 15 is 0 Å². The lowest BCUT2D eigenvalue weighted by Gasteiger charge is -2.05. The second-order valence-corrected chi connectivity index (χ2v) is 6.64. The zero-order valence-corrected chi connectivity index (χ0v) is 15.8. The predicted molar refractivity (Wildman–Crippen MR) is 98.0 cm³/mol. The molecule has 0 atom stereocenters. The number of carbonyl (C=O) groups excluding carboxylic acids is 1. The molecule has 0 aliphatic rings. The van der Waals surface area contributed by atoms with Crippen molar-refractivity contribution in [2.24, 2.45) is 0 Å². The van der Waals surface area contributed by atoms with E-state index in [1.165, 1.54) is 11.8 Å². The van der Waals surface area contributed by atoms with Crippen LogP contribution in [0.5, 0.6) is 0 Å². The average molecular weight is 373 g/mol. The summed E-state index contributed by atoms with van der Waals surface area (Å²) in [5.41, 5.74) is 7.53. The lowest BCUT2D eigenvalue weighted by molar-refractivity contribution is 0.0526. The van der Waals surface area contributed by atoms with Gasteiger partial charge < -0.3 is 14.9 Å². The van der Waals surface area contributed by atoms with Gasteiger partial charge >= 0.3 is 5.97 Å². The van der Waals surface area contributed by atoms with Crippen LogP contribution in [0.1, 0.15) is 40.4 Å². The monoisotopic (exact) mass is 373 g/mol. The Kier molecular flexibility index (Phi) is 5.08. The molecule has 0 radical (unpaired) electrons. The Labute approximate surface area is 154 Å². The lowest BCUT2D eigenvalue weighted by Crippen LogP contribution is -2.07. The minimum absolute atomic E-state index is 0.195. The van der Waals surface area contributed by atoms with Crippen molar-refractivity contribution >= 4 is 34.6 Å². The summed E-state index contributed by atoms with van der Waals surface area (Å²) in [6.45, 7) is 7.44. The smallest absolute Gasteiger partial charge is 0.342 e. The number of nitrogens with zero attached hydrogens (tertiary/aromatic N) is 4. The number of aryl methyl sites for hydroxylation is 3. The largest absolute Gasteiger partial charge is 0.462 e. The van der Waals surface area contributed by atoms with Gasteiger partial charge in [0.05, 0.1) is 17.7 Å². The van der Waals surface area contributed by atoms with E-state index in [2.05, 4.69) is 19.9 Å². The number of fused-ring (bicyclic) bond motifs is 1. The average Bonchev–Trinajstić information content (AvgIpc) is 2.89. The third kappa shape index (κ3) is 3.62. The van der Waals surface area contributed by atoms with Gasteiger partial charge in [-0.3, -0.25) is 0 Å².